The summed E-state index contributed by atoms with van der Waals surface area (Å²) in [5, 5.41) is 0. The summed E-state index contributed by atoms with van der Waals surface area (Å²) in [5.41, 5.74) is 6.37. The summed E-state index contributed by atoms with van der Waals surface area (Å²) >= 11 is 3.41. The summed E-state index contributed by atoms with van der Waals surface area (Å²) < 4.78 is 11.3. The van der Waals surface area contributed by atoms with Crippen LogP contribution < -0.4 is 15.2 Å². The minimum absolute atomic E-state index is 0.0131. The van der Waals surface area contributed by atoms with Crippen molar-refractivity contribution >= 4 is 21.8 Å². The highest BCUT2D eigenvalue weighted by molar-refractivity contribution is 9.10. The number of likely N-dealkylation sites (tertiary alicyclic amines) is 1. The van der Waals surface area contributed by atoms with Gasteiger partial charge in [0.05, 0.1) is 14.2 Å². The fraction of sp³-hybridized carbons (Fsp3) is 0.533. The average molecular weight is 357 g/mol. The molecule has 5 nitrogen and oxygen atoms in total. The number of nitrogens with two attached hydrogens (primary N) is 1. The molecule has 1 atom stereocenters. The predicted molar refractivity (Wildman–Crippen MR) is 84.9 cm³/mol. The normalized spacial score (nSPS) is 21.5. The second-order valence-electron chi connectivity index (χ2n) is 5.69. The number of rotatable bonds is 4. The van der Waals surface area contributed by atoms with Crippen LogP contribution in [0.15, 0.2) is 16.6 Å². The SMILES string of the molecule is COc1cc(C(=O)N2CCC(C)(CN)C2)cc(OC)c1Br. The van der Waals surface area contributed by atoms with Gasteiger partial charge in [-0.1, -0.05) is 6.92 Å². The Bertz CT molecular complexity index is 525. The maximum atomic E-state index is 12.7. The van der Waals surface area contributed by atoms with Gasteiger partial charge in [-0.05, 0) is 46.4 Å². The monoisotopic (exact) mass is 356 g/mol. The molecular weight excluding hydrogens is 336 g/mol. The van der Waals surface area contributed by atoms with Crippen LogP contribution in [0.25, 0.3) is 0 Å². The Hall–Kier alpha value is -1.27. The number of halogens is 1. The Balaban J connectivity index is 2.28. The number of methoxy groups -OCH3 is 2. The number of hydrogen-bond donors (Lipinski definition) is 1. The topological polar surface area (TPSA) is 64.8 Å². The molecule has 1 fully saturated rings. The van der Waals surface area contributed by atoms with Crippen LogP contribution in [0.1, 0.15) is 23.7 Å². The molecule has 0 saturated carbocycles. The predicted octanol–water partition coefficient (Wildman–Crippen LogP) is 2.28. The molecule has 1 aliphatic rings. The fourth-order valence-corrected chi connectivity index (χ4v) is 3.09. The fourth-order valence-electron chi connectivity index (χ4n) is 2.54. The van der Waals surface area contributed by atoms with Gasteiger partial charge in [-0.2, -0.15) is 0 Å². The molecule has 21 heavy (non-hydrogen) atoms. The van der Waals surface area contributed by atoms with Crippen LogP contribution in [-0.4, -0.2) is 44.7 Å². The van der Waals surface area contributed by atoms with Crippen molar-refractivity contribution in [2.24, 2.45) is 11.1 Å². The van der Waals surface area contributed by atoms with Crippen LogP contribution >= 0.6 is 15.9 Å². The number of carbonyl (C=O) groups is 1. The lowest BCUT2D eigenvalue weighted by Crippen LogP contribution is -2.34. The van der Waals surface area contributed by atoms with Gasteiger partial charge in [0, 0.05) is 18.7 Å². The number of hydrogen-bond acceptors (Lipinski definition) is 4. The van der Waals surface area contributed by atoms with E-state index >= 15 is 0 Å². The van der Waals surface area contributed by atoms with E-state index in [9.17, 15) is 4.79 Å². The molecule has 0 bridgehead atoms. The summed E-state index contributed by atoms with van der Waals surface area (Å²) in [5.74, 6) is 1.15. The second-order valence-corrected chi connectivity index (χ2v) is 6.48. The highest BCUT2D eigenvalue weighted by atomic mass is 79.9. The smallest absolute Gasteiger partial charge is 0.254 e. The van der Waals surface area contributed by atoms with Crippen molar-refractivity contribution < 1.29 is 14.3 Å². The highest BCUT2D eigenvalue weighted by Gasteiger charge is 2.35. The molecule has 0 aliphatic carbocycles. The first kappa shape index (κ1) is 16.1. The van der Waals surface area contributed by atoms with Gasteiger partial charge in [-0.25, -0.2) is 0 Å². The van der Waals surface area contributed by atoms with E-state index in [0.29, 0.717) is 34.6 Å². The largest absolute Gasteiger partial charge is 0.495 e. The molecule has 1 heterocycles. The Labute approximate surface area is 133 Å². The molecular formula is C15H21BrN2O3. The van der Waals surface area contributed by atoms with E-state index in [4.69, 9.17) is 15.2 Å². The minimum Gasteiger partial charge on any atom is -0.495 e. The maximum Gasteiger partial charge on any atom is 0.254 e. The van der Waals surface area contributed by atoms with Crippen LogP contribution in [-0.2, 0) is 0 Å². The van der Waals surface area contributed by atoms with Gasteiger partial charge in [0.25, 0.3) is 5.91 Å². The Morgan fingerprint density at radius 1 is 1.38 bits per heavy atom. The maximum absolute atomic E-state index is 12.7. The minimum atomic E-state index is -0.0173. The number of carbonyl (C=O) groups excluding carboxylic acids is 1. The molecule has 1 saturated heterocycles. The number of nitrogens with zero attached hydrogens (tertiary/aromatic N) is 1. The summed E-state index contributed by atoms with van der Waals surface area (Å²) in [4.78, 5) is 14.5. The van der Waals surface area contributed by atoms with E-state index in [1.54, 1.807) is 26.4 Å². The van der Waals surface area contributed by atoms with E-state index in [-0.39, 0.29) is 11.3 Å². The molecule has 2 rings (SSSR count). The van der Waals surface area contributed by atoms with E-state index < -0.39 is 0 Å². The quantitative estimate of drug-likeness (QED) is 0.898. The molecule has 0 aromatic heterocycles. The second kappa shape index (κ2) is 6.23. The molecule has 116 valence electrons. The molecule has 6 heteroatoms. The Morgan fingerprint density at radius 2 is 1.95 bits per heavy atom. The van der Waals surface area contributed by atoms with Gasteiger partial charge < -0.3 is 20.1 Å². The molecule has 0 radical (unpaired) electrons. The molecule has 2 N–H and O–H groups in total. The molecule has 1 amide bonds. The molecule has 1 unspecified atom stereocenters. The van der Waals surface area contributed by atoms with Crippen molar-refractivity contribution in [2.45, 2.75) is 13.3 Å². The van der Waals surface area contributed by atoms with E-state index in [1.807, 2.05) is 4.90 Å². The van der Waals surface area contributed by atoms with Crippen molar-refractivity contribution in [2.75, 3.05) is 33.9 Å². The molecule has 1 aromatic carbocycles. The van der Waals surface area contributed by atoms with Crippen molar-refractivity contribution in [1.82, 2.24) is 4.90 Å². The van der Waals surface area contributed by atoms with Gasteiger partial charge in [-0.3, -0.25) is 4.79 Å². The third-order valence-electron chi connectivity index (χ3n) is 4.03. The lowest BCUT2D eigenvalue weighted by molar-refractivity contribution is 0.0776. The lowest BCUT2D eigenvalue weighted by Gasteiger charge is -2.23. The summed E-state index contributed by atoms with van der Waals surface area (Å²) in [6.07, 6.45) is 0.931. The summed E-state index contributed by atoms with van der Waals surface area (Å²) in [6, 6.07) is 3.46. The van der Waals surface area contributed by atoms with E-state index in [1.165, 1.54) is 0 Å². The first-order valence-corrected chi connectivity index (χ1v) is 7.64. The van der Waals surface area contributed by atoms with Crippen LogP contribution in [0, 0.1) is 5.41 Å². The van der Waals surface area contributed by atoms with Crippen LogP contribution in [0.3, 0.4) is 0 Å². The Kier molecular flexibility index (Phi) is 4.78. The van der Waals surface area contributed by atoms with Gasteiger partial charge in [0.2, 0.25) is 0 Å². The van der Waals surface area contributed by atoms with Crippen molar-refractivity contribution in [3.8, 4) is 11.5 Å². The van der Waals surface area contributed by atoms with Crippen molar-refractivity contribution in [1.29, 1.82) is 0 Å². The highest BCUT2D eigenvalue weighted by Crippen LogP contribution is 2.37. The van der Waals surface area contributed by atoms with E-state index in [2.05, 4.69) is 22.9 Å². The average Bonchev–Trinajstić information content (AvgIpc) is 2.90. The first-order chi connectivity index (χ1) is 9.94. The van der Waals surface area contributed by atoms with Gasteiger partial charge >= 0.3 is 0 Å². The lowest BCUT2D eigenvalue weighted by atomic mass is 9.90. The molecule has 1 aliphatic heterocycles. The van der Waals surface area contributed by atoms with Gasteiger partial charge in [0.1, 0.15) is 16.0 Å². The zero-order chi connectivity index (χ0) is 15.6. The van der Waals surface area contributed by atoms with Gasteiger partial charge in [0.15, 0.2) is 0 Å². The number of ether oxygens (including phenoxy) is 2. The summed E-state index contributed by atoms with van der Waals surface area (Å²) in [7, 11) is 3.13. The third-order valence-corrected chi connectivity index (χ3v) is 4.81. The van der Waals surface area contributed by atoms with E-state index in [0.717, 1.165) is 13.0 Å². The third kappa shape index (κ3) is 3.16. The zero-order valence-corrected chi connectivity index (χ0v) is 14.2. The van der Waals surface area contributed by atoms with Crippen molar-refractivity contribution in [3.05, 3.63) is 22.2 Å². The molecule has 0 spiro atoms. The molecule has 1 aromatic rings. The number of benzene rings is 1. The standard InChI is InChI=1S/C15H21BrN2O3/c1-15(8-17)4-5-18(9-15)14(19)10-6-11(20-2)13(16)12(7-10)21-3/h6-7H,4-5,8-9,17H2,1-3H3. The van der Waals surface area contributed by atoms with Crippen molar-refractivity contribution in [3.63, 3.8) is 0 Å². The van der Waals surface area contributed by atoms with Crippen LogP contribution in [0.5, 0.6) is 11.5 Å². The Morgan fingerprint density at radius 3 is 2.38 bits per heavy atom. The zero-order valence-electron chi connectivity index (χ0n) is 12.6. The number of amides is 1. The first-order valence-electron chi connectivity index (χ1n) is 6.85. The summed E-state index contributed by atoms with van der Waals surface area (Å²) in [6.45, 7) is 4.11. The van der Waals surface area contributed by atoms with Crippen LogP contribution in [0.2, 0.25) is 0 Å². The van der Waals surface area contributed by atoms with Gasteiger partial charge in [-0.15, -0.1) is 0 Å². The van der Waals surface area contributed by atoms with Crippen LogP contribution in [0.4, 0.5) is 0 Å².